The van der Waals surface area contributed by atoms with E-state index in [4.69, 9.17) is 4.98 Å². The Morgan fingerprint density at radius 3 is 2.57 bits per heavy atom. The van der Waals surface area contributed by atoms with Gasteiger partial charge in [0.25, 0.3) is 0 Å². The van der Waals surface area contributed by atoms with Gasteiger partial charge in [0.15, 0.2) is 11.6 Å². The summed E-state index contributed by atoms with van der Waals surface area (Å²) in [5.74, 6) is -1.45. The number of amides is 2. The normalized spacial score (nSPS) is 13.2. The molecule has 0 bridgehead atoms. The third-order valence-electron chi connectivity index (χ3n) is 9.39. The highest BCUT2D eigenvalue weighted by Gasteiger charge is 2.35. The van der Waals surface area contributed by atoms with Gasteiger partial charge in [-0.25, -0.2) is 14.8 Å². The van der Waals surface area contributed by atoms with Crippen molar-refractivity contribution in [1.29, 1.82) is 5.26 Å². The predicted octanol–water partition coefficient (Wildman–Crippen LogP) is 6.28. The zero-order valence-corrected chi connectivity index (χ0v) is 30.8. The second kappa shape index (κ2) is 17.2. The second-order valence-corrected chi connectivity index (χ2v) is 13.6. The molecule has 1 aliphatic rings. The molecule has 16 heteroatoms. The van der Waals surface area contributed by atoms with E-state index in [-0.39, 0.29) is 36.4 Å². The summed E-state index contributed by atoms with van der Waals surface area (Å²) in [4.78, 5) is 31.0. The first-order valence-corrected chi connectivity index (χ1v) is 18.2. The standard InChI is InChI=1S/C38H45F2N13O/c1-4-10-28(24-53(37(54)45-20-27-11-6-5-7-12-27)32-15-14-29(21-43-32)31-23-46-50(3)25-31)13-8-9-16-42-36-44-22-30(19-41)34(47-36)51-17-18-52-33(26-51)48-49-35(52)38(2,39)40/h5-7,11-12,14-15,21-23,25,28H,4,8-10,13,16-18,20,24,26H2,1-3H3,(H,45,54)(H,42,44,47)/t28-/m0/s1. The number of benzene rings is 1. The predicted molar refractivity (Wildman–Crippen MR) is 201 cm³/mol. The number of rotatable bonds is 16. The fourth-order valence-electron chi connectivity index (χ4n) is 6.63. The summed E-state index contributed by atoms with van der Waals surface area (Å²) in [5, 5.41) is 28.1. The minimum atomic E-state index is -3.10. The van der Waals surface area contributed by atoms with Crippen LogP contribution in [0.25, 0.3) is 11.1 Å². The van der Waals surface area contributed by atoms with Gasteiger partial charge in [-0.2, -0.15) is 24.1 Å². The summed E-state index contributed by atoms with van der Waals surface area (Å²) in [6, 6.07) is 15.6. The lowest BCUT2D eigenvalue weighted by Crippen LogP contribution is -2.43. The molecule has 4 aromatic heterocycles. The number of unbranched alkanes of at least 4 members (excludes halogenated alkanes) is 1. The molecule has 1 atom stereocenters. The number of urea groups is 1. The van der Waals surface area contributed by atoms with Gasteiger partial charge in [-0.1, -0.05) is 50.1 Å². The number of nitrogens with zero attached hydrogens (tertiary/aromatic N) is 11. The molecule has 282 valence electrons. The molecule has 2 amide bonds. The largest absolute Gasteiger partial charge is 0.354 e. The Balaban J connectivity index is 1.07. The smallest absolute Gasteiger partial charge is 0.323 e. The Morgan fingerprint density at radius 2 is 1.87 bits per heavy atom. The number of alkyl halides is 2. The van der Waals surface area contributed by atoms with Gasteiger partial charge in [0, 0.05) is 70.2 Å². The Bertz CT molecular complexity index is 2040. The summed E-state index contributed by atoms with van der Waals surface area (Å²) in [5.41, 5.74) is 3.18. The van der Waals surface area contributed by atoms with Crippen LogP contribution in [0.1, 0.15) is 68.7 Å². The highest BCUT2D eigenvalue weighted by molar-refractivity contribution is 5.91. The Labute approximate surface area is 313 Å². The Morgan fingerprint density at radius 1 is 1.04 bits per heavy atom. The van der Waals surface area contributed by atoms with Gasteiger partial charge in [0.05, 0.1) is 18.9 Å². The fourth-order valence-corrected chi connectivity index (χ4v) is 6.63. The molecule has 1 aliphatic heterocycles. The molecule has 6 rings (SSSR count). The first kappa shape index (κ1) is 37.8. The molecule has 1 aromatic carbocycles. The molecule has 0 fully saturated rings. The summed E-state index contributed by atoms with van der Waals surface area (Å²) in [6.45, 7) is 5.29. The summed E-state index contributed by atoms with van der Waals surface area (Å²) in [7, 11) is 1.87. The van der Waals surface area contributed by atoms with E-state index in [1.165, 1.54) is 10.8 Å². The number of halogens is 2. The molecule has 0 spiro atoms. The molecule has 54 heavy (non-hydrogen) atoms. The van der Waals surface area contributed by atoms with E-state index in [0.717, 1.165) is 55.7 Å². The van der Waals surface area contributed by atoms with Crippen molar-refractivity contribution in [2.24, 2.45) is 13.0 Å². The lowest BCUT2D eigenvalue weighted by Gasteiger charge is -2.29. The van der Waals surface area contributed by atoms with Crippen LogP contribution in [0.2, 0.25) is 0 Å². The van der Waals surface area contributed by atoms with Crippen LogP contribution in [-0.4, -0.2) is 65.2 Å². The lowest BCUT2D eigenvalue weighted by atomic mass is 9.96. The van der Waals surface area contributed by atoms with Crippen LogP contribution in [0.15, 0.2) is 67.3 Å². The maximum Gasteiger partial charge on any atom is 0.323 e. The maximum atomic E-state index is 14.0. The van der Waals surface area contributed by atoms with Crippen molar-refractivity contribution in [2.45, 2.75) is 71.5 Å². The molecule has 5 heterocycles. The van der Waals surface area contributed by atoms with Crippen LogP contribution >= 0.6 is 0 Å². The van der Waals surface area contributed by atoms with Crippen molar-refractivity contribution >= 4 is 23.6 Å². The van der Waals surface area contributed by atoms with Gasteiger partial charge in [-0.15, -0.1) is 10.2 Å². The number of pyridine rings is 1. The van der Waals surface area contributed by atoms with Crippen molar-refractivity contribution in [3.05, 3.63) is 90.0 Å². The van der Waals surface area contributed by atoms with Gasteiger partial charge >= 0.3 is 12.0 Å². The molecule has 0 unspecified atom stereocenters. The number of carbonyl (C=O) groups excluding carboxylic acids is 1. The van der Waals surface area contributed by atoms with Crippen molar-refractivity contribution in [3.8, 4) is 17.2 Å². The van der Waals surface area contributed by atoms with E-state index in [1.807, 2.05) is 60.6 Å². The lowest BCUT2D eigenvalue weighted by molar-refractivity contribution is 0.00333. The number of aryl methyl sites for hydroxylation is 1. The highest BCUT2D eigenvalue weighted by atomic mass is 19.3. The van der Waals surface area contributed by atoms with Crippen LogP contribution in [0.5, 0.6) is 0 Å². The van der Waals surface area contributed by atoms with Crippen LogP contribution < -0.4 is 20.4 Å². The van der Waals surface area contributed by atoms with Crippen molar-refractivity contribution in [3.63, 3.8) is 0 Å². The second-order valence-electron chi connectivity index (χ2n) is 13.6. The molecule has 5 aromatic rings. The van der Waals surface area contributed by atoms with E-state index in [9.17, 15) is 18.8 Å². The van der Waals surface area contributed by atoms with Crippen molar-refractivity contribution in [1.82, 2.24) is 44.8 Å². The quantitative estimate of drug-likeness (QED) is 0.110. The van der Waals surface area contributed by atoms with Gasteiger partial charge < -0.3 is 20.1 Å². The van der Waals surface area contributed by atoms with Gasteiger partial charge in [0.1, 0.15) is 17.5 Å². The average molecular weight is 738 g/mol. The van der Waals surface area contributed by atoms with E-state index in [2.05, 4.69) is 48.9 Å². The Kier molecular flexibility index (Phi) is 12.1. The third-order valence-corrected chi connectivity index (χ3v) is 9.39. The fraction of sp³-hybridized carbons (Fsp3) is 0.421. The highest BCUT2D eigenvalue weighted by Crippen LogP contribution is 2.30. The molecular formula is C38H45F2N13O. The van der Waals surface area contributed by atoms with Crippen LogP contribution in [0.3, 0.4) is 0 Å². The van der Waals surface area contributed by atoms with Crippen LogP contribution in [-0.2, 0) is 32.6 Å². The zero-order valence-electron chi connectivity index (χ0n) is 30.8. The number of nitrogens with one attached hydrogen (secondary N) is 2. The first-order valence-electron chi connectivity index (χ1n) is 18.2. The van der Waals surface area contributed by atoms with Crippen molar-refractivity contribution in [2.75, 3.05) is 34.8 Å². The molecule has 0 radical (unpaired) electrons. The maximum absolute atomic E-state index is 14.0. The monoisotopic (exact) mass is 737 g/mol. The number of fused-ring (bicyclic) bond motifs is 1. The van der Waals surface area contributed by atoms with Gasteiger partial charge in [-0.05, 0) is 42.9 Å². The topological polar surface area (TPSA) is 159 Å². The summed E-state index contributed by atoms with van der Waals surface area (Å²) < 4.78 is 31.2. The van der Waals surface area contributed by atoms with E-state index in [1.54, 1.807) is 22.0 Å². The first-order chi connectivity index (χ1) is 26.1. The number of hydrogen-bond acceptors (Lipinski definition) is 10. The minimum Gasteiger partial charge on any atom is -0.354 e. The number of hydrogen-bond donors (Lipinski definition) is 2. The van der Waals surface area contributed by atoms with E-state index >= 15 is 0 Å². The van der Waals surface area contributed by atoms with E-state index in [0.29, 0.717) is 49.6 Å². The third kappa shape index (κ3) is 9.32. The minimum absolute atomic E-state index is 0.193. The number of anilines is 3. The number of nitriles is 1. The van der Waals surface area contributed by atoms with Gasteiger partial charge in [0.2, 0.25) is 11.8 Å². The van der Waals surface area contributed by atoms with Gasteiger partial charge in [-0.3, -0.25) is 9.58 Å². The number of aromatic nitrogens is 8. The summed E-state index contributed by atoms with van der Waals surface area (Å²) >= 11 is 0. The summed E-state index contributed by atoms with van der Waals surface area (Å²) in [6.07, 6.45) is 11.5. The molecular weight excluding hydrogens is 693 g/mol. The number of carbonyl (C=O) groups is 1. The molecule has 0 saturated heterocycles. The average Bonchev–Trinajstić information content (AvgIpc) is 3.82. The molecule has 14 nitrogen and oxygen atoms in total. The van der Waals surface area contributed by atoms with E-state index < -0.39 is 5.92 Å². The SMILES string of the molecule is CCC[C@@H](CCCCNc1ncc(C#N)c(N2CCn3c(nnc3C(C)(F)F)C2)n1)CN(C(=O)NCc1ccccc1)c1ccc(-c2cnn(C)c2)cn1. The van der Waals surface area contributed by atoms with Crippen LogP contribution in [0.4, 0.5) is 31.2 Å². The molecule has 0 aliphatic carbocycles. The Hall–Kier alpha value is -5.98. The van der Waals surface area contributed by atoms with Crippen LogP contribution in [0, 0.1) is 17.2 Å². The zero-order chi connectivity index (χ0) is 38.1. The van der Waals surface area contributed by atoms with Crippen molar-refractivity contribution < 1.29 is 13.6 Å². The molecule has 0 saturated carbocycles. The molecule has 2 N–H and O–H groups in total.